The molecule has 128 valence electrons. The maximum atomic E-state index is 12.0. The molecule has 1 aromatic heterocycles. The van der Waals surface area contributed by atoms with Crippen molar-refractivity contribution in [2.75, 3.05) is 26.2 Å². The average Bonchev–Trinajstić information content (AvgIpc) is 3.09. The summed E-state index contributed by atoms with van der Waals surface area (Å²) in [5, 5.41) is 7.34. The van der Waals surface area contributed by atoms with Crippen LogP contribution in [0.2, 0.25) is 0 Å². The van der Waals surface area contributed by atoms with Gasteiger partial charge in [-0.3, -0.25) is 4.79 Å². The van der Waals surface area contributed by atoms with Gasteiger partial charge in [0.1, 0.15) is 0 Å². The van der Waals surface area contributed by atoms with E-state index in [9.17, 15) is 4.79 Å². The lowest BCUT2D eigenvalue weighted by atomic mass is 10.1. The number of piperidine rings is 1. The Morgan fingerprint density at radius 3 is 2.71 bits per heavy atom. The molecule has 0 atom stereocenters. The first-order chi connectivity index (χ1) is 11.8. The first kappa shape index (κ1) is 16.7. The van der Waals surface area contributed by atoms with Gasteiger partial charge in [-0.05, 0) is 56.6 Å². The van der Waals surface area contributed by atoms with E-state index in [0.717, 1.165) is 30.8 Å². The maximum Gasteiger partial charge on any atom is 0.224 e. The summed E-state index contributed by atoms with van der Waals surface area (Å²) in [6.07, 6.45) is 9.09. The van der Waals surface area contributed by atoms with Crippen molar-refractivity contribution < 1.29 is 4.79 Å². The highest BCUT2D eigenvalue weighted by Crippen LogP contribution is 2.09. The Balaban J connectivity index is 1.38. The van der Waals surface area contributed by atoms with Gasteiger partial charge in [-0.1, -0.05) is 24.6 Å². The quantitative estimate of drug-likeness (QED) is 0.795. The summed E-state index contributed by atoms with van der Waals surface area (Å²) < 4.78 is 1.80. The third-order valence-electron chi connectivity index (χ3n) is 4.44. The van der Waals surface area contributed by atoms with Crippen molar-refractivity contribution in [3.63, 3.8) is 0 Å². The molecule has 1 saturated heterocycles. The normalized spacial score (nSPS) is 15.3. The fourth-order valence-corrected chi connectivity index (χ4v) is 3.13. The summed E-state index contributed by atoms with van der Waals surface area (Å²) >= 11 is 0. The largest absolute Gasteiger partial charge is 0.356 e. The van der Waals surface area contributed by atoms with Gasteiger partial charge < -0.3 is 10.2 Å². The molecule has 0 unspecified atom stereocenters. The molecule has 0 aliphatic carbocycles. The van der Waals surface area contributed by atoms with Crippen LogP contribution in [0.25, 0.3) is 5.69 Å². The summed E-state index contributed by atoms with van der Waals surface area (Å²) in [4.78, 5) is 14.5. The van der Waals surface area contributed by atoms with Crippen molar-refractivity contribution >= 4 is 5.91 Å². The Morgan fingerprint density at radius 1 is 1.12 bits per heavy atom. The van der Waals surface area contributed by atoms with Gasteiger partial charge in [0.2, 0.25) is 5.91 Å². The van der Waals surface area contributed by atoms with Crippen molar-refractivity contribution in [2.24, 2.45) is 0 Å². The minimum Gasteiger partial charge on any atom is -0.356 e. The van der Waals surface area contributed by atoms with E-state index in [0.29, 0.717) is 6.42 Å². The summed E-state index contributed by atoms with van der Waals surface area (Å²) in [5.74, 6) is 0.0706. The van der Waals surface area contributed by atoms with Gasteiger partial charge in [-0.2, -0.15) is 5.10 Å². The molecule has 1 aliphatic heterocycles. The molecule has 0 radical (unpaired) electrons. The number of hydrogen-bond donors (Lipinski definition) is 1. The molecule has 1 aromatic carbocycles. The molecule has 1 fully saturated rings. The van der Waals surface area contributed by atoms with Gasteiger partial charge in [-0.15, -0.1) is 0 Å². The Bertz CT molecular complexity index is 632. The number of nitrogens with zero attached hydrogens (tertiary/aromatic N) is 3. The minimum absolute atomic E-state index is 0.0706. The Kier molecular flexibility index (Phi) is 6.01. The lowest BCUT2D eigenvalue weighted by Gasteiger charge is -2.26. The van der Waals surface area contributed by atoms with Crippen LogP contribution in [-0.4, -0.2) is 46.8 Å². The van der Waals surface area contributed by atoms with E-state index >= 15 is 0 Å². The van der Waals surface area contributed by atoms with Crippen LogP contribution in [0.15, 0.2) is 42.7 Å². The molecule has 0 bridgehead atoms. The molecule has 1 amide bonds. The number of nitrogens with one attached hydrogen (secondary N) is 1. The smallest absolute Gasteiger partial charge is 0.224 e. The second-order valence-electron chi connectivity index (χ2n) is 6.41. The zero-order valence-corrected chi connectivity index (χ0v) is 14.2. The predicted octanol–water partition coefficient (Wildman–Crippen LogP) is 2.41. The first-order valence-corrected chi connectivity index (χ1v) is 8.89. The topological polar surface area (TPSA) is 50.2 Å². The Hall–Kier alpha value is -2.14. The van der Waals surface area contributed by atoms with Gasteiger partial charge in [0.15, 0.2) is 0 Å². The van der Waals surface area contributed by atoms with Crippen LogP contribution in [0.3, 0.4) is 0 Å². The van der Waals surface area contributed by atoms with Crippen LogP contribution in [0.5, 0.6) is 0 Å². The van der Waals surface area contributed by atoms with E-state index in [1.807, 2.05) is 36.5 Å². The highest BCUT2D eigenvalue weighted by Gasteiger charge is 2.10. The zero-order valence-electron chi connectivity index (χ0n) is 14.2. The van der Waals surface area contributed by atoms with E-state index < -0.39 is 0 Å². The monoisotopic (exact) mass is 326 g/mol. The molecular formula is C19H26N4O. The van der Waals surface area contributed by atoms with Crippen LogP contribution in [0.4, 0.5) is 0 Å². The van der Waals surface area contributed by atoms with E-state index in [2.05, 4.69) is 15.3 Å². The van der Waals surface area contributed by atoms with Gasteiger partial charge in [0, 0.05) is 12.7 Å². The van der Waals surface area contributed by atoms with E-state index in [1.165, 1.54) is 32.4 Å². The van der Waals surface area contributed by atoms with Crippen LogP contribution in [0, 0.1) is 0 Å². The number of benzene rings is 1. The van der Waals surface area contributed by atoms with Crippen LogP contribution >= 0.6 is 0 Å². The third kappa shape index (κ3) is 4.93. The number of amides is 1. The summed E-state index contributed by atoms with van der Waals surface area (Å²) in [7, 11) is 0. The van der Waals surface area contributed by atoms with Crippen LogP contribution < -0.4 is 5.32 Å². The SMILES string of the molecule is O=C(Cc1cnn(-c2ccccc2)c1)NCCCN1CCCCC1. The summed E-state index contributed by atoms with van der Waals surface area (Å²) in [6.45, 7) is 4.27. The summed E-state index contributed by atoms with van der Waals surface area (Å²) in [6, 6.07) is 9.93. The molecule has 0 saturated carbocycles. The predicted molar refractivity (Wildman–Crippen MR) is 95.2 cm³/mol. The highest BCUT2D eigenvalue weighted by atomic mass is 16.1. The molecular weight excluding hydrogens is 300 g/mol. The lowest BCUT2D eigenvalue weighted by molar-refractivity contribution is -0.120. The standard InChI is InChI=1S/C19H26N4O/c24-19(20-10-7-13-22-11-5-2-6-12-22)14-17-15-21-23(16-17)18-8-3-1-4-9-18/h1,3-4,8-9,15-16H,2,5-7,10-14H2,(H,20,24). The molecule has 5 heteroatoms. The second kappa shape index (κ2) is 8.64. The van der Waals surface area contributed by atoms with E-state index in [4.69, 9.17) is 0 Å². The molecule has 1 aliphatic rings. The molecule has 2 aromatic rings. The van der Waals surface area contributed by atoms with Gasteiger partial charge in [0.25, 0.3) is 0 Å². The zero-order chi connectivity index (χ0) is 16.6. The van der Waals surface area contributed by atoms with Crippen molar-refractivity contribution in [1.29, 1.82) is 0 Å². The number of carbonyl (C=O) groups excluding carboxylic acids is 1. The fourth-order valence-electron chi connectivity index (χ4n) is 3.13. The minimum atomic E-state index is 0.0706. The number of rotatable bonds is 7. The molecule has 1 N–H and O–H groups in total. The van der Waals surface area contributed by atoms with Crippen molar-refractivity contribution in [3.05, 3.63) is 48.3 Å². The summed E-state index contributed by atoms with van der Waals surface area (Å²) in [5.41, 5.74) is 1.94. The number of aromatic nitrogens is 2. The average molecular weight is 326 g/mol. The number of carbonyl (C=O) groups is 1. The number of para-hydroxylation sites is 1. The Morgan fingerprint density at radius 2 is 1.92 bits per heavy atom. The van der Waals surface area contributed by atoms with Crippen LogP contribution in [-0.2, 0) is 11.2 Å². The van der Waals surface area contributed by atoms with Gasteiger partial charge in [-0.25, -0.2) is 4.68 Å². The second-order valence-corrected chi connectivity index (χ2v) is 6.41. The number of hydrogen-bond acceptors (Lipinski definition) is 3. The third-order valence-corrected chi connectivity index (χ3v) is 4.44. The fraction of sp³-hybridized carbons (Fsp3) is 0.474. The lowest BCUT2D eigenvalue weighted by Crippen LogP contribution is -2.33. The van der Waals surface area contributed by atoms with E-state index in [-0.39, 0.29) is 5.91 Å². The maximum absolute atomic E-state index is 12.0. The van der Waals surface area contributed by atoms with Crippen molar-refractivity contribution in [3.8, 4) is 5.69 Å². The van der Waals surface area contributed by atoms with Gasteiger partial charge >= 0.3 is 0 Å². The van der Waals surface area contributed by atoms with Crippen molar-refractivity contribution in [2.45, 2.75) is 32.1 Å². The first-order valence-electron chi connectivity index (χ1n) is 8.89. The Labute approximate surface area is 143 Å². The van der Waals surface area contributed by atoms with Gasteiger partial charge in [0.05, 0.1) is 18.3 Å². The molecule has 2 heterocycles. The highest BCUT2D eigenvalue weighted by molar-refractivity contribution is 5.78. The number of likely N-dealkylation sites (tertiary alicyclic amines) is 1. The molecule has 3 rings (SSSR count). The van der Waals surface area contributed by atoms with E-state index in [1.54, 1.807) is 10.9 Å². The molecule has 24 heavy (non-hydrogen) atoms. The van der Waals surface area contributed by atoms with Crippen molar-refractivity contribution in [1.82, 2.24) is 20.0 Å². The molecule has 5 nitrogen and oxygen atoms in total. The molecule has 0 spiro atoms. The van der Waals surface area contributed by atoms with Crippen LogP contribution in [0.1, 0.15) is 31.2 Å².